The van der Waals surface area contributed by atoms with Crippen LogP contribution < -0.4 is 10.1 Å². The van der Waals surface area contributed by atoms with Crippen LogP contribution in [0.1, 0.15) is 18.9 Å². The molecule has 0 aliphatic carbocycles. The predicted octanol–water partition coefficient (Wildman–Crippen LogP) is 2.90. The summed E-state index contributed by atoms with van der Waals surface area (Å²) in [6, 6.07) is 8.18. The number of benzene rings is 1. The molecule has 1 aliphatic heterocycles. The lowest BCUT2D eigenvalue weighted by Gasteiger charge is -2.06. The summed E-state index contributed by atoms with van der Waals surface area (Å²) in [5.41, 5.74) is 3.33. The molecule has 0 saturated heterocycles. The van der Waals surface area contributed by atoms with Gasteiger partial charge in [0.15, 0.2) is 0 Å². The number of fused-ring (bicyclic) bond motifs is 1. The van der Waals surface area contributed by atoms with E-state index in [-0.39, 0.29) is 0 Å². The van der Waals surface area contributed by atoms with Crippen LogP contribution in [-0.4, -0.2) is 23.1 Å². The van der Waals surface area contributed by atoms with Gasteiger partial charge in [0.2, 0.25) is 5.95 Å². The van der Waals surface area contributed by atoms with Crippen molar-refractivity contribution in [3.05, 3.63) is 36.0 Å². The number of hydrogen-bond donors (Lipinski definition) is 1. The van der Waals surface area contributed by atoms with Crippen molar-refractivity contribution in [1.29, 1.82) is 0 Å². The molecule has 19 heavy (non-hydrogen) atoms. The Morgan fingerprint density at radius 1 is 1.32 bits per heavy atom. The third-order valence-electron chi connectivity index (χ3n) is 3.17. The van der Waals surface area contributed by atoms with Crippen LogP contribution in [0.15, 0.2) is 30.5 Å². The molecule has 0 unspecified atom stereocenters. The third kappa shape index (κ3) is 2.52. The second kappa shape index (κ2) is 5.26. The molecule has 1 aliphatic rings. The topological polar surface area (TPSA) is 47.0 Å². The van der Waals surface area contributed by atoms with Gasteiger partial charge in [-0.15, -0.1) is 0 Å². The minimum atomic E-state index is 0.691. The molecule has 0 spiro atoms. The summed E-state index contributed by atoms with van der Waals surface area (Å²) < 4.78 is 5.52. The Bertz CT molecular complexity index is 583. The van der Waals surface area contributed by atoms with Crippen LogP contribution in [0.25, 0.3) is 11.3 Å². The molecule has 3 rings (SSSR count). The van der Waals surface area contributed by atoms with Crippen LogP contribution in [0.2, 0.25) is 0 Å². The van der Waals surface area contributed by atoms with Gasteiger partial charge < -0.3 is 10.1 Å². The van der Waals surface area contributed by atoms with Crippen molar-refractivity contribution in [2.45, 2.75) is 19.8 Å². The van der Waals surface area contributed by atoms with E-state index in [1.807, 2.05) is 12.1 Å². The van der Waals surface area contributed by atoms with Crippen molar-refractivity contribution in [3.63, 3.8) is 0 Å². The average Bonchev–Trinajstić information content (AvgIpc) is 2.92. The van der Waals surface area contributed by atoms with Crippen molar-refractivity contribution in [1.82, 2.24) is 9.97 Å². The summed E-state index contributed by atoms with van der Waals surface area (Å²) in [5, 5.41) is 3.21. The molecule has 0 radical (unpaired) electrons. The Balaban J connectivity index is 1.89. The molecule has 0 fully saturated rings. The normalized spacial score (nSPS) is 12.9. The van der Waals surface area contributed by atoms with Crippen LogP contribution in [0.3, 0.4) is 0 Å². The van der Waals surface area contributed by atoms with Gasteiger partial charge in [0.1, 0.15) is 5.75 Å². The Morgan fingerprint density at radius 3 is 3.16 bits per heavy atom. The summed E-state index contributed by atoms with van der Waals surface area (Å²) in [5.74, 6) is 1.69. The molecular weight excluding hydrogens is 238 g/mol. The maximum atomic E-state index is 5.52. The van der Waals surface area contributed by atoms with E-state index in [9.17, 15) is 0 Å². The van der Waals surface area contributed by atoms with Crippen LogP contribution in [-0.2, 0) is 6.42 Å². The first-order valence-corrected chi connectivity index (χ1v) is 6.70. The number of hydrogen-bond acceptors (Lipinski definition) is 4. The van der Waals surface area contributed by atoms with Gasteiger partial charge in [-0.25, -0.2) is 9.97 Å². The molecule has 4 heteroatoms. The summed E-state index contributed by atoms with van der Waals surface area (Å²) in [4.78, 5) is 8.77. The Kier molecular flexibility index (Phi) is 3.31. The molecule has 1 aromatic carbocycles. The number of nitrogens with one attached hydrogen (secondary N) is 1. The third-order valence-corrected chi connectivity index (χ3v) is 3.17. The quantitative estimate of drug-likeness (QED) is 0.912. The SMILES string of the molecule is CCCNc1nccc(-c2ccc3c(c2)CCO3)n1. The van der Waals surface area contributed by atoms with Gasteiger partial charge in [-0.05, 0) is 36.2 Å². The van der Waals surface area contributed by atoms with E-state index in [1.54, 1.807) is 6.20 Å². The summed E-state index contributed by atoms with van der Waals surface area (Å²) >= 11 is 0. The molecule has 2 aromatic rings. The molecular formula is C15H17N3O. The molecule has 0 amide bonds. The second-order valence-electron chi connectivity index (χ2n) is 4.61. The zero-order valence-corrected chi connectivity index (χ0v) is 11.0. The van der Waals surface area contributed by atoms with Gasteiger partial charge in [0, 0.05) is 24.7 Å². The fourth-order valence-electron chi connectivity index (χ4n) is 2.19. The maximum Gasteiger partial charge on any atom is 0.223 e. The van der Waals surface area contributed by atoms with E-state index >= 15 is 0 Å². The van der Waals surface area contributed by atoms with Crippen LogP contribution >= 0.6 is 0 Å². The lowest BCUT2D eigenvalue weighted by Crippen LogP contribution is -2.04. The predicted molar refractivity (Wildman–Crippen MR) is 75.4 cm³/mol. The Hall–Kier alpha value is -2.10. The first kappa shape index (κ1) is 12.0. The second-order valence-corrected chi connectivity index (χ2v) is 4.61. The fraction of sp³-hybridized carbons (Fsp3) is 0.333. The molecule has 2 heterocycles. The molecule has 98 valence electrons. The van der Waals surface area contributed by atoms with Gasteiger partial charge in [0.25, 0.3) is 0 Å². The van der Waals surface area contributed by atoms with Gasteiger partial charge >= 0.3 is 0 Å². The highest BCUT2D eigenvalue weighted by Crippen LogP contribution is 2.29. The Morgan fingerprint density at radius 2 is 2.26 bits per heavy atom. The average molecular weight is 255 g/mol. The van der Waals surface area contributed by atoms with E-state index < -0.39 is 0 Å². The van der Waals surface area contributed by atoms with Crippen molar-refractivity contribution in [3.8, 4) is 17.0 Å². The van der Waals surface area contributed by atoms with Gasteiger partial charge in [-0.1, -0.05) is 6.92 Å². The minimum Gasteiger partial charge on any atom is -0.493 e. The lowest BCUT2D eigenvalue weighted by molar-refractivity contribution is 0.357. The first-order chi connectivity index (χ1) is 9.36. The van der Waals surface area contributed by atoms with E-state index in [0.29, 0.717) is 5.95 Å². The summed E-state index contributed by atoms with van der Waals surface area (Å²) in [6.07, 6.45) is 3.84. The van der Waals surface area contributed by atoms with E-state index in [1.165, 1.54) is 5.56 Å². The molecule has 1 aromatic heterocycles. The van der Waals surface area contributed by atoms with Gasteiger partial charge in [-0.2, -0.15) is 0 Å². The number of aromatic nitrogens is 2. The van der Waals surface area contributed by atoms with Gasteiger partial charge in [-0.3, -0.25) is 0 Å². The molecule has 0 bridgehead atoms. The zero-order chi connectivity index (χ0) is 13.1. The van der Waals surface area contributed by atoms with Gasteiger partial charge in [0.05, 0.1) is 12.3 Å². The first-order valence-electron chi connectivity index (χ1n) is 6.70. The molecule has 0 saturated carbocycles. The van der Waals surface area contributed by atoms with Crippen LogP contribution in [0.5, 0.6) is 5.75 Å². The zero-order valence-electron chi connectivity index (χ0n) is 11.0. The van der Waals surface area contributed by atoms with Crippen LogP contribution in [0, 0.1) is 0 Å². The highest BCUT2D eigenvalue weighted by molar-refractivity contribution is 5.63. The lowest BCUT2D eigenvalue weighted by atomic mass is 10.1. The standard InChI is InChI=1S/C15H17N3O/c1-2-7-16-15-17-8-5-13(18-15)11-3-4-14-12(10-11)6-9-19-14/h3-5,8,10H,2,6-7,9H2,1H3,(H,16,17,18). The van der Waals surface area contributed by atoms with Crippen molar-refractivity contribution in [2.24, 2.45) is 0 Å². The largest absolute Gasteiger partial charge is 0.493 e. The highest BCUT2D eigenvalue weighted by Gasteiger charge is 2.13. The molecule has 1 N–H and O–H groups in total. The van der Waals surface area contributed by atoms with Crippen molar-refractivity contribution in [2.75, 3.05) is 18.5 Å². The van der Waals surface area contributed by atoms with Crippen molar-refractivity contribution >= 4 is 5.95 Å². The summed E-state index contributed by atoms with van der Waals surface area (Å²) in [7, 11) is 0. The fourth-order valence-corrected chi connectivity index (χ4v) is 2.19. The Labute approximate surface area is 112 Å². The van der Waals surface area contributed by atoms with E-state index in [4.69, 9.17) is 4.74 Å². The van der Waals surface area contributed by atoms with E-state index in [2.05, 4.69) is 34.3 Å². The van der Waals surface area contributed by atoms with Crippen molar-refractivity contribution < 1.29 is 4.74 Å². The maximum absolute atomic E-state index is 5.52. The number of rotatable bonds is 4. The molecule has 0 atom stereocenters. The smallest absolute Gasteiger partial charge is 0.223 e. The van der Waals surface area contributed by atoms with Crippen LogP contribution in [0.4, 0.5) is 5.95 Å². The van der Waals surface area contributed by atoms with E-state index in [0.717, 1.165) is 43.0 Å². The highest BCUT2D eigenvalue weighted by atomic mass is 16.5. The number of nitrogens with zero attached hydrogens (tertiary/aromatic N) is 2. The number of anilines is 1. The monoisotopic (exact) mass is 255 g/mol. The summed E-state index contributed by atoms with van der Waals surface area (Å²) in [6.45, 7) is 3.80. The molecule has 4 nitrogen and oxygen atoms in total. The minimum absolute atomic E-state index is 0.691. The number of ether oxygens (including phenoxy) is 1.